The lowest BCUT2D eigenvalue weighted by Gasteiger charge is -2.21. The Morgan fingerprint density at radius 1 is 1.30 bits per heavy atom. The molecule has 0 aliphatic rings. The monoisotopic (exact) mass is 311 g/mol. The number of aromatic nitrogens is 1. The predicted octanol–water partition coefficient (Wildman–Crippen LogP) is 2.11. The number of ether oxygens (including phenoxy) is 1. The average molecular weight is 311 g/mol. The molecule has 0 saturated heterocycles. The summed E-state index contributed by atoms with van der Waals surface area (Å²) in [5, 5.41) is 18.4. The molecule has 0 bridgehead atoms. The zero-order chi connectivity index (χ0) is 16.5. The summed E-state index contributed by atoms with van der Waals surface area (Å²) in [5.41, 5.74) is 0.876. The first-order valence-corrected chi connectivity index (χ1v) is 7.15. The van der Waals surface area contributed by atoms with E-state index in [0.29, 0.717) is 13.1 Å². The molecule has 0 saturated carbocycles. The number of carbonyl (C=O) groups is 1. The third kappa shape index (κ3) is 5.00. The molecule has 0 aliphatic carbocycles. The first-order chi connectivity index (χ1) is 11.2. The number of hydrogen-bond donors (Lipinski definition) is 1. The van der Waals surface area contributed by atoms with Crippen LogP contribution in [-0.2, 0) is 11.3 Å². The maximum atomic E-state index is 12.3. The number of hydrogen-bond acceptors (Lipinski definition) is 5. The Balaban J connectivity index is 1.99. The Morgan fingerprint density at radius 3 is 2.83 bits per heavy atom. The highest BCUT2D eigenvalue weighted by Crippen LogP contribution is 2.24. The topological polar surface area (TPSA) is 86.5 Å². The molecule has 0 radical (unpaired) electrons. The minimum atomic E-state index is -0.257. The summed E-state index contributed by atoms with van der Waals surface area (Å²) in [6, 6.07) is 12.1. The largest absolute Gasteiger partial charge is 0.504 e. The van der Waals surface area contributed by atoms with Crippen LogP contribution in [0.2, 0.25) is 0 Å². The van der Waals surface area contributed by atoms with Gasteiger partial charge in [-0.05, 0) is 23.8 Å². The van der Waals surface area contributed by atoms with Gasteiger partial charge in [-0.25, -0.2) is 0 Å². The highest BCUT2D eigenvalue weighted by atomic mass is 16.5. The van der Waals surface area contributed by atoms with Gasteiger partial charge in [0.2, 0.25) is 0 Å². The lowest BCUT2D eigenvalue weighted by atomic mass is 10.2. The zero-order valence-electron chi connectivity index (χ0n) is 12.6. The number of phenols is 1. The van der Waals surface area contributed by atoms with E-state index in [2.05, 4.69) is 4.98 Å². The Bertz CT molecular complexity index is 683. The fourth-order valence-electron chi connectivity index (χ4n) is 2.00. The molecule has 0 aliphatic heterocycles. The minimum absolute atomic E-state index is 0.0175. The van der Waals surface area contributed by atoms with Crippen LogP contribution in [0.5, 0.6) is 11.5 Å². The molecule has 6 heteroatoms. The van der Waals surface area contributed by atoms with E-state index >= 15 is 0 Å². The Morgan fingerprint density at radius 2 is 2.13 bits per heavy atom. The summed E-state index contributed by atoms with van der Waals surface area (Å²) in [5.74, 6) is -0.0223. The number of phenolic OH excluding ortho intramolecular Hbond substituents is 1. The van der Waals surface area contributed by atoms with Crippen LogP contribution < -0.4 is 4.74 Å². The average Bonchev–Trinajstić information content (AvgIpc) is 2.58. The molecule has 6 nitrogen and oxygen atoms in total. The quantitative estimate of drug-likeness (QED) is 0.846. The van der Waals surface area contributed by atoms with E-state index in [1.165, 1.54) is 6.07 Å². The third-order valence-electron chi connectivity index (χ3n) is 3.16. The van der Waals surface area contributed by atoms with Crippen molar-refractivity contribution in [1.82, 2.24) is 9.88 Å². The number of nitriles is 1. The van der Waals surface area contributed by atoms with Gasteiger partial charge in [-0.15, -0.1) is 0 Å². The summed E-state index contributed by atoms with van der Waals surface area (Å²) >= 11 is 0. The molecule has 1 heterocycles. The molecule has 0 fully saturated rings. The second kappa shape index (κ2) is 8.39. The van der Waals surface area contributed by atoms with Gasteiger partial charge in [-0.2, -0.15) is 5.26 Å². The molecule has 2 aromatic rings. The molecule has 118 valence electrons. The predicted molar refractivity (Wildman–Crippen MR) is 83.5 cm³/mol. The molecule has 1 aromatic carbocycles. The lowest BCUT2D eigenvalue weighted by molar-refractivity contribution is -0.134. The molecule has 1 amide bonds. The van der Waals surface area contributed by atoms with Gasteiger partial charge in [0.25, 0.3) is 5.91 Å². The molecule has 1 N–H and O–H groups in total. The second-order valence-electron chi connectivity index (χ2n) is 4.84. The summed E-state index contributed by atoms with van der Waals surface area (Å²) in [6.07, 6.45) is 3.57. The van der Waals surface area contributed by atoms with E-state index < -0.39 is 0 Å². The fourth-order valence-corrected chi connectivity index (χ4v) is 2.00. The maximum absolute atomic E-state index is 12.3. The Labute approximate surface area is 134 Å². The highest BCUT2D eigenvalue weighted by molar-refractivity contribution is 5.77. The number of benzene rings is 1. The highest BCUT2D eigenvalue weighted by Gasteiger charge is 2.15. The van der Waals surface area contributed by atoms with Crippen LogP contribution in [0.1, 0.15) is 12.0 Å². The van der Waals surface area contributed by atoms with E-state index in [4.69, 9.17) is 10.00 Å². The Kier molecular flexibility index (Phi) is 5.95. The zero-order valence-corrected chi connectivity index (χ0v) is 12.6. The summed E-state index contributed by atoms with van der Waals surface area (Å²) in [4.78, 5) is 17.9. The molecule has 0 spiro atoms. The number of para-hydroxylation sites is 2. The van der Waals surface area contributed by atoms with E-state index in [0.717, 1.165) is 5.56 Å². The lowest BCUT2D eigenvalue weighted by Crippen LogP contribution is -2.35. The van der Waals surface area contributed by atoms with Crippen molar-refractivity contribution in [2.75, 3.05) is 13.2 Å². The summed E-state index contributed by atoms with van der Waals surface area (Å²) in [7, 11) is 0. The molecule has 1 aromatic heterocycles. The molecular formula is C17H17N3O3. The number of rotatable bonds is 7. The maximum Gasteiger partial charge on any atom is 0.260 e. The van der Waals surface area contributed by atoms with E-state index in [-0.39, 0.29) is 30.4 Å². The third-order valence-corrected chi connectivity index (χ3v) is 3.16. The first-order valence-electron chi connectivity index (χ1n) is 7.15. The summed E-state index contributed by atoms with van der Waals surface area (Å²) in [6.45, 7) is 0.468. The first kappa shape index (κ1) is 16.3. The molecule has 0 unspecified atom stereocenters. The van der Waals surface area contributed by atoms with Crippen LogP contribution in [0, 0.1) is 11.3 Å². The number of aromatic hydroxyl groups is 1. The van der Waals surface area contributed by atoms with Gasteiger partial charge in [0.1, 0.15) is 0 Å². The van der Waals surface area contributed by atoms with Crippen molar-refractivity contribution in [3.63, 3.8) is 0 Å². The summed E-state index contributed by atoms with van der Waals surface area (Å²) < 4.78 is 5.36. The molecule has 2 rings (SSSR count). The van der Waals surface area contributed by atoms with Gasteiger partial charge in [0.15, 0.2) is 18.1 Å². The van der Waals surface area contributed by atoms with Crippen LogP contribution in [0.4, 0.5) is 0 Å². The van der Waals surface area contributed by atoms with Gasteiger partial charge in [-0.3, -0.25) is 9.78 Å². The van der Waals surface area contributed by atoms with Crippen LogP contribution in [0.3, 0.4) is 0 Å². The van der Waals surface area contributed by atoms with Crippen LogP contribution >= 0.6 is 0 Å². The van der Waals surface area contributed by atoms with Crippen molar-refractivity contribution in [3.8, 4) is 17.6 Å². The van der Waals surface area contributed by atoms with Crippen LogP contribution in [0.25, 0.3) is 0 Å². The van der Waals surface area contributed by atoms with Crippen molar-refractivity contribution in [1.29, 1.82) is 5.26 Å². The Hall–Kier alpha value is -3.07. The van der Waals surface area contributed by atoms with Gasteiger partial charge in [-0.1, -0.05) is 18.2 Å². The number of nitrogens with zero attached hydrogens (tertiary/aromatic N) is 3. The number of pyridine rings is 1. The van der Waals surface area contributed by atoms with Crippen molar-refractivity contribution in [2.24, 2.45) is 0 Å². The van der Waals surface area contributed by atoms with Crippen molar-refractivity contribution in [2.45, 2.75) is 13.0 Å². The molecule has 0 atom stereocenters. The van der Waals surface area contributed by atoms with Crippen LogP contribution in [0.15, 0.2) is 48.8 Å². The molecular weight excluding hydrogens is 294 g/mol. The van der Waals surface area contributed by atoms with Gasteiger partial charge in [0.05, 0.1) is 12.5 Å². The second-order valence-corrected chi connectivity index (χ2v) is 4.84. The van der Waals surface area contributed by atoms with E-state index in [9.17, 15) is 9.90 Å². The SMILES string of the molecule is N#CCCN(Cc1cccnc1)C(=O)COc1ccccc1O. The van der Waals surface area contributed by atoms with Gasteiger partial charge in [0, 0.05) is 25.5 Å². The van der Waals surface area contributed by atoms with E-state index in [1.807, 2.05) is 12.1 Å². The van der Waals surface area contributed by atoms with Crippen molar-refractivity contribution < 1.29 is 14.6 Å². The van der Waals surface area contributed by atoms with Gasteiger partial charge >= 0.3 is 0 Å². The molecule has 23 heavy (non-hydrogen) atoms. The normalized spacial score (nSPS) is 9.87. The van der Waals surface area contributed by atoms with Crippen molar-refractivity contribution in [3.05, 3.63) is 54.4 Å². The standard InChI is InChI=1S/C17H17N3O3/c18-8-4-10-20(12-14-5-3-9-19-11-14)17(22)13-23-16-7-2-1-6-15(16)21/h1-3,5-7,9,11,21H,4,10,12-13H2. The smallest absolute Gasteiger partial charge is 0.260 e. The number of carbonyl (C=O) groups excluding carboxylic acids is 1. The van der Waals surface area contributed by atoms with Gasteiger partial charge < -0.3 is 14.7 Å². The number of amides is 1. The van der Waals surface area contributed by atoms with E-state index in [1.54, 1.807) is 41.6 Å². The van der Waals surface area contributed by atoms with Crippen LogP contribution in [-0.4, -0.2) is 34.0 Å². The fraction of sp³-hybridized carbons (Fsp3) is 0.235. The minimum Gasteiger partial charge on any atom is -0.504 e. The van der Waals surface area contributed by atoms with Crippen molar-refractivity contribution >= 4 is 5.91 Å².